The van der Waals surface area contributed by atoms with Gasteiger partial charge >= 0.3 is 0 Å². The van der Waals surface area contributed by atoms with Gasteiger partial charge in [0.25, 0.3) is 5.91 Å². The molecule has 23 heavy (non-hydrogen) atoms. The van der Waals surface area contributed by atoms with Crippen molar-refractivity contribution in [3.8, 4) is 5.82 Å². The highest BCUT2D eigenvalue weighted by Crippen LogP contribution is 2.20. The van der Waals surface area contributed by atoms with Crippen LogP contribution in [0.1, 0.15) is 35.1 Å². The maximum Gasteiger partial charge on any atom is 0.262 e. The predicted octanol–water partition coefficient (Wildman–Crippen LogP) is 2.66. The number of hydrogen-bond donors (Lipinski definition) is 1. The Labute approximate surface area is 138 Å². The van der Waals surface area contributed by atoms with Crippen molar-refractivity contribution in [1.29, 1.82) is 0 Å². The highest BCUT2D eigenvalue weighted by atomic mass is 32.1. The first-order valence-electron chi connectivity index (χ1n) is 7.48. The van der Waals surface area contributed by atoms with Crippen LogP contribution >= 0.6 is 11.3 Å². The fraction of sp³-hybridized carbons (Fsp3) is 0.333. The molecular formula is C15H18N6OS. The van der Waals surface area contributed by atoms with Crippen molar-refractivity contribution in [2.75, 3.05) is 5.32 Å². The predicted molar refractivity (Wildman–Crippen MR) is 89.0 cm³/mol. The molecule has 0 saturated carbocycles. The zero-order valence-corrected chi connectivity index (χ0v) is 13.9. The topological polar surface area (TPSA) is 77.6 Å². The number of unbranched alkanes of at least 4 members (excludes halogenated alkanes) is 1. The van der Waals surface area contributed by atoms with Gasteiger partial charge in [-0.05, 0) is 18.6 Å². The Morgan fingerprint density at radius 1 is 1.30 bits per heavy atom. The minimum absolute atomic E-state index is 0.236. The maximum atomic E-state index is 12.5. The van der Waals surface area contributed by atoms with Gasteiger partial charge in [-0.15, -0.1) is 10.2 Å². The summed E-state index contributed by atoms with van der Waals surface area (Å²) in [4.78, 5) is 12.5. The summed E-state index contributed by atoms with van der Waals surface area (Å²) in [6, 6.07) is 3.80. The van der Waals surface area contributed by atoms with Crippen molar-refractivity contribution in [3.05, 3.63) is 41.3 Å². The number of hydrogen-bond acceptors (Lipinski definition) is 5. The third-order valence-corrected chi connectivity index (χ3v) is 4.33. The molecule has 3 aromatic rings. The molecule has 0 aliphatic rings. The van der Waals surface area contributed by atoms with Gasteiger partial charge in [-0.2, -0.15) is 5.10 Å². The lowest BCUT2D eigenvalue weighted by Gasteiger charge is -2.06. The van der Waals surface area contributed by atoms with Crippen molar-refractivity contribution in [2.24, 2.45) is 7.05 Å². The van der Waals surface area contributed by atoms with Crippen LogP contribution in [0.25, 0.3) is 5.82 Å². The van der Waals surface area contributed by atoms with Gasteiger partial charge in [-0.1, -0.05) is 24.7 Å². The summed E-state index contributed by atoms with van der Waals surface area (Å²) in [5.41, 5.74) is 0.494. The van der Waals surface area contributed by atoms with Crippen molar-refractivity contribution >= 4 is 22.4 Å². The van der Waals surface area contributed by atoms with E-state index in [0.717, 1.165) is 24.3 Å². The third kappa shape index (κ3) is 3.31. The lowest BCUT2D eigenvalue weighted by molar-refractivity contribution is 0.102. The van der Waals surface area contributed by atoms with E-state index in [4.69, 9.17) is 0 Å². The normalized spacial score (nSPS) is 10.9. The summed E-state index contributed by atoms with van der Waals surface area (Å²) in [6.45, 7) is 2.13. The highest BCUT2D eigenvalue weighted by molar-refractivity contribution is 7.15. The molecule has 3 aromatic heterocycles. The summed E-state index contributed by atoms with van der Waals surface area (Å²) in [7, 11) is 1.81. The summed E-state index contributed by atoms with van der Waals surface area (Å²) in [5, 5.41) is 16.6. The molecule has 120 valence electrons. The van der Waals surface area contributed by atoms with Gasteiger partial charge in [0.15, 0.2) is 0 Å². The first-order valence-corrected chi connectivity index (χ1v) is 8.29. The Hall–Kier alpha value is -2.48. The average molecular weight is 330 g/mol. The van der Waals surface area contributed by atoms with Crippen molar-refractivity contribution in [1.82, 2.24) is 24.5 Å². The van der Waals surface area contributed by atoms with Crippen LogP contribution in [0.4, 0.5) is 5.13 Å². The molecule has 0 saturated heterocycles. The highest BCUT2D eigenvalue weighted by Gasteiger charge is 2.18. The lowest BCUT2D eigenvalue weighted by atomic mass is 10.3. The standard InChI is InChI=1S/C15H18N6OS/c1-3-4-7-12-18-19-15(23-12)17-13(22)11-10-16-20(2)14(11)21-8-5-6-9-21/h5-6,8-10H,3-4,7H2,1-2H3,(H,17,19,22). The van der Waals surface area contributed by atoms with Gasteiger partial charge in [0, 0.05) is 25.9 Å². The molecule has 0 spiro atoms. The molecule has 0 fully saturated rings. The molecule has 0 radical (unpaired) electrons. The SMILES string of the molecule is CCCCc1nnc(NC(=O)c2cnn(C)c2-n2cccc2)s1. The van der Waals surface area contributed by atoms with Crippen LogP contribution in [-0.4, -0.2) is 30.5 Å². The number of carbonyl (C=O) groups excluding carboxylic acids is 1. The second kappa shape index (κ2) is 6.74. The number of aryl methyl sites for hydroxylation is 2. The van der Waals surface area contributed by atoms with E-state index in [1.54, 1.807) is 17.9 Å². The number of nitrogens with one attached hydrogen (secondary N) is 1. The number of carbonyl (C=O) groups is 1. The fourth-order valence-electron chi connectivity index (χ4n) is 2.27. The molecule has 0 unspecified atom stereocenters. The molecule has 1 amide bonds. The second-order valence-corrected chi connectivity index (χ2v) is 6.22. The van der Waals surface area contributed by atoms with Crippen LogP contribution in [0.2, 0.25) is 0 Å². The quantitative estimate of drug-likeness (QED) is 0.754. The number of rotatable bonds is 6. The lowest BCUT2D eigenvalue weighted by Crippen LogP contribution is -2.14. The van der Waals surface area contributed by atoms with Gasteiger partial charge in [-0.3, -0.25) is 14.8 Å². The van der Waals surface area contributed by atoms with Crippen LogP contribution in [0.3, 0.4) is 0 Å². The number of amides is 1. The molecule has 8 heteroatoms. The average Bonchev–Trinajstić information content (AvgIpc) is 3.25. The first kappa shape index (κ1) is 15.4. The molecule has 3 heterocycles. The molecular weight excluding hydrogens is 312 g/mol. The van der Waals surface area contributed by atoms with Crippen LogP contribution in [0, 0.1) is 0 Å². The van der Waals surface area contributed by atoms with E-state index in [-0.39, 0.29) is 5.91 Å². The number of nitrogens with zero attached hydrogens (tertiary/aromatic N) is 5. The van der Waals surface area contributed by atoms with E-state index in [1.165, 1.54) is 11.3 Å². The van der Waals surface area contributed by atoms with Gasteiger partial charge in [-0.25, -0.2) is 0 Å². The molecule has 0 aromatic carbocycles. The molecule has 0 aliphatic heterocycles. The van der Waals surface area contributed by atoms with Crippen molar-refractivity contribution in [3.63, 3.8) is 0 Å². The largest absolute Gasteiger partial charge is 0.308 e. The fourth-order valence-corrected chi connectivity index (χ4v) is 3.05. The van der Waals surface area contributed by atoms with Crippen LogP contribution in [-0.2, 0) is 13.5 Å². The zero-order valence-electron chi connectivity index (χ0n) is 13.1. The monoisotopic (exact) mass is 330 g/mol. The molecule has 3 rings (SSSR count). The first-order chi connectivity index (χ1) is 11.2. The number of aromatic nitrogens is 5. The van der Waals surface area contributed by atoms with Gasteiger partial charge in [0.05, 0.1) is 6.20 Å². The molecule has 0 bridgehead atoms. The summed E-state index contributed by atoms with van der Waals surface area (Å²) in [5.74, 6) is 0.475. The van der Waals surface area contributed by atoms with E-state index >= 15 is 0 Å². The van der Waals surface area contributed by atoms with Crippen LogP contribution in [0.5, 0.6) is 0 Å². The zero-order chi connectivity index (χ0) is 16.2. The van der Waals surface area contributed by atoms with Crippen molar-refractivity contribution in [2.45, 2.75) is 26.2 Å². The maximum absolute atomic E-state index is 12.5. The minimum atomic E-state index is -0.236. The van der Waals surface area contributed by atoms with Crippen LogP contribution in [0.15, 0.2) is 30.7 Å². The molecule has 0 aliphatic carbocycles. The summed E-state index contributed by atoms with van der Waals surface area (Å²) in [6.07, 6.45) is 8.39. The van der Waals surface area contributed by atoms with Crippen molar-refractivity contribution < 1.29 is 4.79 Å². The number of anilines is 1. The summed E-state index contributed by atoms with van der Waals surface area (Å²) >= 11 is 1.42. The Balaban J connectivity index is 1.78. The smallest absolute Gasteiger partial charge is 0.262 e. The Morgan fingerprint density at radius 3 is 2.83 bits per heavy atom. The van der Waals surface area contributed by atoms with Gasteiger partial charge in [0.1, 0.15) is 16.4 Å². The second-order valence-electron chi connectivity index (χ2n) is 5.15. The minimum Gasteiger partial charge on any atom is -0.308 e. The van der Waals surface area contributed by atoms with E-state index < -0.39 is 0 Å². The van der Waals surface area contributed by atoms with Gasteiger partial charge < -0.3 is 4.57 Å². The Bertz CT molecular complexity index is 789. The Morgan fingerprint density at radius 2 is 2.09 bits per heavy atom. The van der Waals surface area contributed by atoms with E-state index in [2.05, 4.69) is 27.5 Å². The summed E-state index contributed by atoms with van der Waals surface area (Å²) < 4.78 is 3.52. The molecule has 7 nitrogen and oxygen atoms in total. The van der Waals surface area contributed by atoms with E-state index in [0.29, 0.717) is 16.5 Å². The molecule has 0 atom stereocenters. The Kier molecular flexibility index (Phi) is 4.52. The molecule has 1 N–H and O–H groups in total. The van der Waals surface area contributed by atoms with Gasteiger partial charge in [0.2, 0.25) is 5.13 Å². The third-order valence-electron chi connectivity index (χ3n) is 3.43. The van der Waals surface area contributed by atoms with E-state index in [1.807, 2.05) is 29.1 Å². The van der Waals surface area contributed by atoms with E-state index in [9.17, 15) is 4.79 Å². The van der Waals surface area contributed by atoms with Crippen LogP contribution < -0.4 is 5.32 Å².